The Kier molecular flexibility index (Phi) is 4.46. The summed E-state index contributed by atoms with van der Waals surface area (Å²) in [6.45, 7) is 0.145. The van der Waals surface area contributed by atoms with E-state index in [4.69, 9.17) is 4.74 Å². The predicted octanol–water partition coefficient (Wildman–Crippen LogP) is 3.73. The van der Waals surface area contributed by atoms with Gasteiger partial charge >= 0.3 is 6.09 Å². The van der Waals surface area contributed by atoms with Crippen molar-refractivity contribution in [1.82, 2.24) is 4.98 Å². The highest BCUT2D eigenvalue weighted by Gasteiger charge is 2.07. The Bertz CT molecular complexity index is 578. The van der Waals surface area contributed by atoms with Gasteiger partial charge in [0.2, 0.25) is 5.95 Å². The fourth-order valence-corrected chi connectivity index (χ4v) is 1.57. The molecular weight excluding hydrogens is 315 g/mol. The molecule has 1 amide bonds. The number of ether oxygens (including phenoxy) is 1. The second-order valence-corrected chi connectivity index (χ2v) is 4.51. The molecular formula is C13H10BrFN2O2. The Morgan fingerprint density at radius 3 is 2.68 bits per heavy atom. The van der Waals surface area contributed by atoms with Crippen LogP contribution in [0, 0.1) is 5.95 Å². The highest BCUT2D eigenvalue weighted by atomic mass is 79.9. The lowest BCUT2D eigenvalue weighted by atomic mass is 10.2. The number of halogens is 2. The molecule has 0 radical (unpaired) electrons. The molecule has 98 valence electrons. The van der Waals surface area contributed by atoms with Crippen LogP contribution in [-0.2, 0) is 11.3 Å². The van der Waals surface area contributed by atoms with Gasteiger partial charge in [-0.15, -0.1) is 0 Å². The van der Waals surface area contributed by atoms with Crippen molar-refractivity contribution in [2.45, 2.75) is 6.61 Å². The van der Waals surface area contributed by atoms with Crippen LogP contribution in [0.4, 0.5) is 15.0 Å². The van der Waals surface area contributed by atoms with Gasteiger partial charge in [-0.3, -0.25) is 5.32 Å². The maximum atomic E-state index is 13.1. The first-order valence-corrected chi connectivity index (χ1v) is 6.24. The van der Waals surface area contributed by atoms with E-state index >= 15 is 0 Å². The van der Waals surface area contributed by atoms with Crippen LogP contribution in [0.3, 0.4) is 0 Å². The summed E-state index contributed by atoms with van der Waals surface area (Å²) in [5.41, 5.74) is 0.868. The molecule has 2 aromatic rings. The number of nitrogens with zero attached hydrogens (tertiary/aromatic N) is 1. The van der Waals surface area contributed by atoms with Gasteiger partial charge < -0.3 is 4.74 Å². The molecule has 19 heavy (non-hydrogen) atoms. The van der Waals surface area contributed by atoms with Crippen LogP contribution in [0.25, 0.3) is 0 Å². The molecule has 0 atom stereocenters. The second-order valence-electron chi connectivity index (χ2n) is 3.66. The zero-order valence-corrected chi connectivity index (χ0v) is 11.4. The number of hydrogen-bond acceptors (Lipinski definition) is 3. The molecule has 0 spiro atoms. The van der Waals surface area contributed by atoms with Crippen molar-refractivity contribution in [1.29, 1.82) is 0 Å². The first-order chi connectivity index (χ1) is 9.15. The Morgan fingerprint density at radius 1 is 1.26 bits per heavy atom. The number of carbonyl (C=O) groups excluding carboxylic acids is 1. The van der Waals surface area contributed by atoms with Crippen LogP contribution in [-0.4, -0.2) is 11.1 Å². The summed E-state index contributed by atoms with van der Waals surface area (Å²) in [5.74, 6) is -0.598. The molecule has 4 nitrogen and oxygen atoms in total. The van der Waals surface area contributed by atoms with Gasteiger partial charge in [-0.25, -0.2) is 9.78 Å². The normalized spacial score (nSPS) is 10.0. The number of benzene rings is 1. The summed E-state index contributed by atoms with van der Waals surface area (Å²) in [6.07, 6.45) is -0.682. The minimum Gasteiger partial charge on any atom is -0.444 e. The van der Waals surface area contributed by atoms with E-state index < -0.39 is 12.0 Å². The molecule has 0 saturated carbocycles. The molecule has 1 aromatic heterocycles. The standard InChI is InChI=1S/C13H10BrFN2O2/c14-10-6-7-11(16-12(10)15)17-13(18)19-8-9-4-2-1-3-5-9/h1-7H,8H2,(H,16,17,18). The van der Waals surface area contributed by atoms with Gasteiger partial charge in [-0.1, -0.05) is 30.3 Å². The number of carbonyl (C=O) groups is 1. The summed E-state index contributed by atoms with van der Waals surface area (Å²) in [6, 6.07) is 12.2. The smallest absolute Gasteiger partial charge is 0.413 e. The zero-order valence-electron chi connectivity index (χ0n) is 9.77. The van der Waals surface area contributed by atoms with Crippen LogP contribution in [0.15, 0.2) is 46.9 Å². The van der Waals surface area contributed by atoms with Gasteiger partial charge in [0.25, 0.3) is 0 Å². The van der Waals surface area contributed by atoms with Crippen molar-refractivity contribution < 1.29 is 13.9 Å². The van der Waals surface area contributed by atoms with E-state index in [1.807, 2.05) is 30.3 Å². The highest BCUT2D eigenvalue weighted by Crippen LogP contribution is 2.15. The summed E-state index contributed by atoms with van der Waals surface area (Å²) in [4.78, 5) is 15.0. The number of nitrogens with one attached hydrogen (secondary N) is 1. The lowest BCUT2D eigenvalue weighted by Gasteiger charge is -2.06. The van der Waals surface area contributed by atoms with Crippen molar-refractivity contribution >= 4 is 27.8 Å². The fraction of sp³-hybridized carbons (Fsp3) is 0.0769. The van der Waals surface area contributed by atoms with Crippen molar-refractivity contribution in [2.75, 3.05) is 5.32 Å². The van der Waals surface area contributed by atoms with E-state index in [0.29, 0.717) is 0 Å². The van der Waals surface area contributed by atoms with Gasteiger partial charge in [0.15, 0.2) is 0 Å². The number of pyridine rings is 1. The maximum absolute atomic E-state index is 13.1. The number of amides is 1. The molecule has 0 aliphatic heterocycles. The molecule has 0 bridgehead atoms. The first kappa shape index (κ1) is 13.5. The lowest BCUT2D eigenvalue weighted by Crippen LogP contribution is -2.14. The fourth-order valence-electron chi connectivity index (χ4n) is 1.35. The van der Waals surface area contributed by atoms with Crippen LogP contribution < -0.4 is 5.32 Å². The van der Waals surface area contributed by atoms with Gasteiger partial charge in [0.05, 0.1) is 4.47 Å². The van der Waals surface area contributed by atoms with E-state index in [-0.39, 0.29) is 16.9 Å². The zero-order chi connectivity index (χ0) is 13.7. The summed E-state index contributed by atoms with van der Waals surface area (Å²) in [5, 5.41) is 2.35. The second kappa shape index (κ2) is 6.29. The van der Waals surface area contributed by atoms with Crippen molar-refractivity contribution in [3.05, 3.63) is 58.4 Å². The molecule has 0 aliphatic carbocycles. The summed E-state index contributed by atoms with van der Waals surface area (Å²) >= 11 is 2.98. The largest absolute Gasteiger partial charge is 0.444 e. The van der Waals surface area contributed by atoms with Crippen LogP contribution in [0.2, 0.25) is 0 Å². The molecule has 2 rings (SSSR count). The average molecular weight is 325 g/mol. The Balaban J connectivity index is 1.89. The van der Waals surface area contributed by atoms with Crippen molar-refractivity contribution in [3.63, 3.8) is 0 Å². The highest BCUT2D eigenvalue weighted by molar-refractivity contribution is 9.10. The Labute approximate surface area is 117 Å². The minimum absolute atomic E-state index is 0.0961. The van der Waals surface area contributed by atoms with E-state index in [0.717, 1.165) is 5.56 Å². The molecule has 1 aromatic carbocycles. The molecule has 0 saturated heterocycles. The van der Waals surface area contributed by atoms with E-state index in [2.05, 4.69) is 26.2 Å². The average Bonchev–Trinajstić information content (AvgIpc) is 2.42. The monoisotopic (exact) mass is 324 g/mol. The predicted molar refractivity (Wildman–Crippen MR) is 72.1 cm³/mol. The number of anilines is 1. The molecule has 0 aliphatic rings. The number of aromatic nitrogens is 1. The van der Waals surface area contributed by atoms with Gasteiger partial charge in [-0.2, -0.15) is 4.39 Å². The van der Waals surface area contributed by atoms with E-state index in [9.17, 15) is 9.18 Å². The SMILES string of the molecule is O=C(Nc1ccc(Br)c(F)n1)OCc1ccccc1. The molecule has 6 heteroatoms. The van der Waals surface area contributed by atoms with E-state index in [1.54, 1.807) is 0 Å². The van der Waals surface area contributed by atoms with Crippen molar-refractivity contribution in [3.8, 4) is 0 Å². The maximum Gasteiger partial charge on any atom is 0.413 e. The summed E-state index contributed by atoms with van der Waals surface area (Å²) < 4.78 is 18.3. The topological polar surface area (TPSA) is 51.2 Å². The van der Waals surface area contributed by atoms with Crippen LogP contribution in [0.5, 0.6) is 0 Å². The third kappa shape index (κ3) is 4.03. The molecule has 0 fully saturated rings. The van der Waals surface area contributed by atoms with Crippen LogP contribution in [0.1, 0.15) is 5.56 Å². The minimum atomic E-state index is -0.694. The number of hydrogen-bond donors (Lipinski definition) is 1. The Morgan fingerprint density at radius 2 is 2.00 bits per heavy atom. The molecule has 0 unspecified atom stereocenters. The van der Waals surface area contributed by atoms with Gasteiger partial charge in [0, 0.05) is 0 Å². The number of rotatable bonds is 3. The molecule has 1 N–H and O–H groups in total. The van der Waals surface area contributed by atoms with Gasteiger partial charge in [-0.05, 0) is 33.6 Å². The molecule has 1 heterocycles. The third-order valence-corrected chi connectivity index (χ3v) is 2.84. The van der Waals surface area contributed by atoms with Crippen molar-refractivity contribution in [2.24, 2.45) is 0 Å². The quantitative estimate of drug-likeness (QED) is 0.875. The first-order valence-electron chi connectivity index (χ1n) is 5.45. The van der Waals surface area contributed by atoms with E-state index in [1.165, 1.54) is 12.1 Å². The van der Waals surface area contributed by atoms with Gasteiger partial charge in [0.1, 0.15) is 12.4 Å². The van der Waals surface area contributed by atoms with Crippen LogP contribution >= 0.6 is 15.9 Å². The Hall–Kier alpha value is -1.95. The summed E-state index contributed by atoms with van der Waals surface area (Å²) in [7, 11) is 0. The lowest BCUT2D eigenvalue weighted by molar-refractivity contribution is 0.155. The third-order valence-electron chi connectivity index (χ3n) is 2.25.